The third-order valence-electron chi connectivity index (χ3n) is 3.52. The van der Waals surface area contributed by atoms with Crippen molar-refractivity contribution in [2.75, 3.05) is 0 Å². The van der Waals surface area contributed by atoms with Crippen LogP contribution < -0.4 is 10.1 Å². The van der Waals surface area contributed by atoms with Crippen molar-refractivity contribution in [1.29, 1.82) is 0 Å². The van der Waals surface area contributed by atoms with Crippen LogP contribution in [0, 0.1) is 5.92 Å². The first kappa shape index (κ1) is 14.3. The van der Waals surface area contributed by atoms with Gasteiger partial charge in [0.15, 0.2) is 0 Å². The summed E-state index contributed by atoms with van der Waals surface area (Å²) in [5, 5.41) is 3.54. The van der Waals surface area contributed by atoms with E-state index in [1.165, 1.54) is 19.3 Å². The quantitative estimate of drug-likeness (QED) is 0.803. The molecule has 4 heteroatoms. The molecule has 0 spiro atoms. The van der Waals surface area contributed by atoms with Crippen molar-refractivity contribution in [1.82, 2.24) is 5.32 Å². The molecule has 2 atom stereocenters. The highest BCUT2D eigenvalue weighted by Crippen LogP contribution is 2.33. The van der Waals surface area contributed by atoms with E-state index < -0.39 is 6.61 Å². The zero-order valence-electron chi connectivity index (χ0n) is 11.4. The molecule has 1 aliphatic rings. The minimum Gasteiger partial charge on any atom is -0.435 e. The van der Waals surface area contributed by atoms with Crippen molar-refractivity contribution >= 4 is 0 Å². The Balaban J connectivity index is 1.85. The van der Waals surface area contributed by atoms with Crippen molar-refractivity contribution in [3.63, 3.8) is 0 Å². The molecule has 2 rings (SSSR count). The molecule has 2 nitrogen and oxygen atoms in total. The highest BCUT2D eigenvalue weighted by atomic mass is 19.3. The molecular formula is C15H21F2NO. The smallest absolute Gasteiger partial charge is 0.387 e. The molecule has 1 fully saturated rings. The first-order valence-electron chi connectivity index (χ1n) is 6.85. The maximum Gasteiger partial charge on any atom is 0.387 e. The van der Waals surface area contributed by atoms with Gasteiger partial charge < -0.3 is 10.1 Å². The van der Waals surface area contributed by atoms with Crippen LogP contribution in [0.4, 0.5) is 8.78 Å². The second-order valence-corrected chi connectivity index (χ2v) is 5.42. The Morgan fingerprint density at radius 3 is 2.37 bits per heavy atom. The standard InChI is InChI=1S/C15H21F2NO/c1-10(9-12-3-4-12)18-11(2)13-5-7-14(8-6-13)19-15(16)17/h5-8,10-12,15,18H,3-4,9H2,1-2H3. The molecule has 0 heterocycles. The number of halogens is 2. The second-order valence-electron chi connectivity index (χ2n) is 5.42. The van der Waals surface area contributed by atoms with Gasteiger partial charge in [-0.3, -0.25) is 0 Å². The van der Waals surface area contributed by atoms with Crippen molar-refractivity contribution in [3.8, 4) is 5.75 Å². The van der Waals surface area contributed by atoms with Gasteiger partial charge in [-0.05, 0) is 43.9 Å². The molecule has 19 heavy (non-hydrogen) atoms. The SMILES string of the molecule is CC(CC1CC1)NC(C)c1ccc(OC(F)F)cc1. The van der Waals surface area contributed by atoms with Crippen molar-refractivity contribution in [2.45, 2.75) is 51.8 Å². The highest BCUT2D eigenvalue weighted by molar-refractivity contribution is 5.29. The molecule has 1 saturated carbocycles. The van der Waals surface area contributed by atoms with Gasteiger partial charge in [0.1, 0.15) is 5.75 Å². The fourth-order valence-electron chi connectivity index (χ4n) is 2.38. The Kier molecular flexibility index (Phi) is 4.75. The molecule has 0 radical (unpaired) electrons. The summed E-state index contributed by atoms with van der Waals surface area (Å²) < 4.78 is 28.4. The van der Waals surface area contributed by atoms with Gasteiger partial charge in [0.2, 0.25) is 0 Å². The zero-order chi connectivity index (χ0) is 13.8. The van der Waals surface area contributed by atoms with E-state index in [9.17, 15) is 8.78 Å². The summed E-state index contributed by atoms with van der Waals surface area (Å²) in [5.74, 6) is 1.11. The van der Waals surface area contributed by atoms with E-state index in [-0.39, 0.29) is 11.8 Å². The van der Waals surface area contributed by atoms with E-state index in [0.29, 0.717) is 6.04 Å². The maximum atomic E-state index is 12.0. The van der Waals surface area contributed by atoms with Gasteiger partial charge in [0, 0.05) is 12.1 Å². The summed E-state index contributed by atoms with van der Waals surface area (Å²) in [6, 6.07) is 7.54. The van der Waals surface area contributed by atoms with Crippen LogP contribution >= 0.6 is 0 Å². The largest absolute Gasteiger partial charge is 0.435 e. The van der Waals surface area contributed by atoms with Crippen molar-refractivity contribution < 1.29 is 13.5 Å². The van der Waals surface area contributed by atoms with Crippen molar-refractivity contribution in [2.24, 2.45) is 5.92 Å². The lowest BCUT2D eigenvalue weighted by Gasteiger charge is -2.20. The second kappa shape index (κ2) is 6.33. The minimum absolute atomic E-state index is 0.206. The average Bonchev–Trinajstić information content (AvgIpc) is 3.12. The van der Waals surface area contributed by atoms with E-state index in [4.69, 9.17) is 0 Å². The normalized spacial score (nSPS) is 18.4. The van der Waals surface area contributed by atoms with Crippen LogP contribution in [0.25, 0.3) is 0 Å². The van der Waals surface area contributed by atoms with E-state index in [0.717, 1.165) is 11.5 Å². The van der Waals surface area contributed by atoms with Crippen LogP contribution in [0.2, 0.25) is 0 Å². The van der Waals surface area contributed by atoms with E-state index in [1.54, 1.807) is 12.1 Å². The predicted molar refractivity (Wildman–Crippen MR) is 71.4 cm³/mol. The highest BCUT2D eigenvalue weighted by Gasteiger charge is 2.24. The zero-order valence-corrected chi connectivity index (χ0v) is 11.4. The molecule has 0 aromatic heterocycles. The number of rotatable bonds is 7. The molecule has 1 N–H and O–H groups in total. The lowest BCUT2D eigenvalue weighted by molar-refractivity contribution is -0.0498. The van der Waals surface area contributed by atoms with Gasteiger partial charge in [0.25, 0.3) is 0 Å². The van der Waals surface area contributed by atoms with E-state index in [1.807, 2.05) is 12.1 Å². The molecule has 106 valence electrons. The molecular weight excluding hydrogens is 248 g/mol. The summed E-state index contributed by atoms with van der Waals surface area (Å²) in [7, 11) is 0. The fraction of sp³-hybridized carbons (Fsp3) is 0.600. The average molecular weight is 269 g/mol. The van der Waals surface area contributed by atoms with Crippen LogP contribution in [-0.2, 0) is 0 Å². The molecule has 0 bridgehead atoms. The summed E-state index contributed by atoms with van der Waals surface area (Å²) in [5.41, 5.74) is 1.09. The molecule has 1 aliphatic carbocycles. The Morgan fingerprint density at radius 2 is 1.84 bits per heavy atom. The third kappa shape index (κ3) is 4.78. The number of ether oxygens (including phenoxy) is 1. The fourth-order valence-corrected chi connectivity index (χ4v) is 2.38. The Hall–Kier alpha value is -1.16. The first-order chi connectivity index (χ1) is 9.04. The topological polar surface area (TPSA) is 21.3 Å². The van der Waals surface area contributed by atoms with Gasteiger partial charge in [-0.25, -0.2) is 0 Å². The molecule has 1 aromatic rings. The lowest BCUT2D eigenvalue weighted by atomic mass is 10.1. The van der Waals surface area contributed by atoms with Crippen LogP contribution in [0.3, 0.4) is 0 Å². The summed E-state index contributed by atoms with van der Waals surface area (Å²) in [6.45, 7) is 1.52. The van der Waals surface area contributed by atoms with Crippen LogP contribution in [-0.4, -0.2) is 12.7 Å². The summed E-state index contributed by atoms with van der Waals surface area (Å²) in [6.07, 6.45) is 3.94. The first-order valence-corrected chi connectivity index (χ1v) is 6.85. The predicted octanol–water partition coefficient (Wildman–Crippen LogP) is 4.13. The monoisotopic (exact) mass is 269 g/mol. The molecule has 2 unspecified atom stereocenters. The number of nitrogens with one attached hydrogen (secondary N) is 1. The van der Waals surface area contributed by atoms with Gasteiger partial charge in [0.05, 0.1) is 0 Å². The van der Waals surface area contributed by atoms with E-state index >= 15 is 0 Å². The van der Waals surface area contributed by atoms with Gasteiger partial charge in [-0.2, -0.15) is 8.78 Å². The van der Waals surface area contributed by atoms with E-state index in [2.05, 4.69) is 23.9 Å². The lowest BCUT2D eigenvalue weighted by Crippen LogP contribution is -2.29. The van der Waals surface area contributed by atoms with Crippen LogP contribution in [0.1, 0.15) is 44.7 Å². The maximum absolute atomic E-state index is 12.0. The molecule has 0 amide bonds. The number of alkyl halides is 2. The Bertz CT molecular complexity index is 390. The van der Waals surface area contributed by atoms with Crippen LogP contribution in [0.5, 0.6) is 5.75 Å². The number of benzene rings is 1. The van der Waals surface area contributed by atoms with Gasteiger partial charge in [-0.15, -0.1) is 0 Å². The third-order valence-corrected chi connectivity index (χ3v) is 3.52. The number of hydrogen-bond donors (Lipinski definition) is 1. The number of hydrogen-bond acceptors (Lipinski definition) is 2. The van der Waals surface area contributed by atoms with Gasteiger partial charge in [-0.1, -0.05) is 25.0 Å². The van der Waals surface area contributed by atoms with Crippen molar-refractivity contribution in [3.05, 3.63) is 29.8 Å². The molecule has 0 saturated heterocycles. The van der Waals surface area contributed by atoms with Gasteiger partial charge >= 0.3 is 6.61 Å². The minimum atomic E-state index is -2.76. The summed E-state index contributed by atoms with van der Waals surface area (Å²) in [4.78, 5) is 0. The Labute approximate surface area is 113 Å². The summed E-state index contributed by atoms with van der Waals surface area (Å²) >= 11 is 0. The molecule has 0 aliphatic heterocycles. The molecule has 1 aromatic carbocycles. The van der Waals surface area contributed by atoms with Crippen LogP contribution in [0.15, 0.2) is 24.3 Å². The Morgan fingerprint density at radius 1 is 1.21 bits per heavy atom.